The van der Waals surface area contributed by atoms with Crippen molar-refractivity contribution in [3.05, 3.63) is 0 Å². The van der Waals surface area contributed by atoms with Crippen LogP contribution in [0.3, 0.4) is 0 Å². The van der Waals surface area contributed by atoms with E-state index in [1.54, 1.807) is 0 Å². The second-order valence-corrected chi connectivity index (χ2v) is 6.92. The summed E-state index contributed by atoms with van der Waals surface area (Å²) in [5, 5.41) is 29.3. The fraction of sp³-hybridized carbons (Fsp3) is 0.611. The lowest BCUT2D eigenvalue weighted by Gasteiger charge is -2.23. The van der Waals surface area contributed by atoms with E-state index in [-0.39, 0.29) is 13.0 Å². The van der Waals surface area contributed by atoms with Crippen LogP contribution in [0.25, 0.3) is 0 Å². The first kappa shape index (κ1) is 28.5. The minimum Gasteiger partial charge on any atom is -0.481 e. The van der Waals surface area contributed by atoms with Crippen LogP contribution in [0, 0.1) is 0 Å². The molecule has 32 heavy (non-hydrogen) atoms. The first-order valence-electron chi connectivity index (χ1n) is 9.62. The van der Waals surface area contributed by atoms with E-state index in [9.17, 15) is 38.7 Å². The summed E-state index contributed by atoms with van der Waals surface area (Å²) in [7, 11) is 0. The Kier molecular flexibility index (Phi) is 12.2. The number of rotatable bonds is 13. The SMILES string of the molecule is CC(=O)N[C@@H](C)C(=O)N[C@H](C(=O)NCC(=O)NC(C)C(=O)C(=O)NCCC(=O)O)[C@@H](C)O. The molecule has 0 saturated carbocycles. The molecule has 7 N–H and O–H groups in total. The van der Waals surface area contributed by atoms with Crippen molar-refractivity contribution < 1.29 is 43.8 Å². The van der Waals surface area contributed by atoms with Crippen molar-refractivity contribution in [2.24, 2.45) is 0 Å². The number of Topliss-reactive ketones (excluding diaryl/α,β-unsaturated/α-hetero) is 1. The number of carbonyl (C=O) groups excluding carboxylic acids is 6. The van der Waals surface area contributed by atoms with E-state index in [0.717, 1.165) is 0 Å². The number of carbonyl (C=O) groups is 7. The van der Waals surface area contributed by atoms with E-state index in [1.165, 1.54) is 27.7 Å². The standard InChI is InChI=1S/C18H29N5O9/c1-8(15(29)18(32)19-6-5-13(27)28)22-12(26)7-20-17(31)14(10(3)24)23-16(30)9(2)21-11(4)25/h8-10,14,24H,5-7H2,1-4H3,(H,19,32)(H,20,31)(H,21,25)(H,22,26)(H,23,30)(H,27,28)/t8?,9-,10+,14-/m0/s1. The van der Waals surface area contributed by atoms with Crippen LogP contribution in [-0.2, 0) is 33.6 Å². The number of aliphatic carboxylic acids is 1. The molecule has 0 heterocycles. The zero-order valence-electron chi connectivity index (χ0n) is 18.2. The topological polar surface area (TPSA) is 220 Å². The summed E-state index contributed by atoms with van der Waals surface area (Å²) in [5.74, 6) is -6.19. The monoisotopic (exact) mass is 459 g/mol. The highest BCUT2D eigenvalue weighted by atomic mass is 16.4. The van der Waals surface area contributed by atoms with Gasteiger partial charge < -0.3 is 36.8 Å². The van der Waals surface area contributed by atoms with Crippen molar-refractivity contribution in [2.45, 2.75) is 58.3 Å². The van der Waals surface area contributed by atoms with Crippen LogP contribution in [-0.4, -0.2) is 88.8 Å². The van der Waals surface area contributed by atoms with Gasteiger partial charge in [0.15, 0.2) is 0 Å². The summed E-state index contributed by atoms with van der Waals surface area (Å²) < 4.78 is 0. The summed E-state index contributed by atoms with van der Waals surface area (Å²) in [6.07, 6.45) is -1.71. The van der Waals surface area contributed by atoms with Gasteiger partial charge in [-0.05, 0) is 20.8 Å². The molecule has 14 heteroatoms. The highest BCUT2D eigenvalue weighted by molar-refractivity contribution is 6.38. The Morgan fingerprint density at radius 2 is 1.41 bits per heavy atom. The first-order chi connectivity index (χ1) is 14.8. The van der Waals surface area contributed by atoms with Gasteiger partial charge in [-0.1, -0.05) is 0 Å². The molecule has 180 valence electrons. The van der Waals surface area contributed by atoms with E-state index < -0.39 is 72.1 Å². The number of ketones is 1. The molecule has 1 unspecified atom stereocenters. The average Bonchev–Trinajstić information content (AvgIpc) is 2.68. The van der Waals surface area contributed by atoms with E-state index in [1.807, 2.05) is 0 Å². The lowest BCUT2D eigenvalue weighted by atomic mass is 10.1. The molecule has 0 aromatic rings. The summed E-state index contributed by atoms with van der Waals surface area (Å²) in [6.45, 7) is 4.14. The largest absolute Gasteiger partial charge is 0.481 e. The van der Waals surface area contributed by atoms with Gasteiger partial charge in [0.2, 0.25) is 29.4 Å². The van der Waals surface area contributed by atoms with Gasteiger partial charge in [-0.3, -0.25) is 33.6 Å². The predicted octanol–water partition coefficient (Wildman–Crippen LogP) is -3.84. The molecule has 0 aromatic carbocycles. The second kappa shape index (κ2) is 13.7. The molecule has 0 aromatic heterocycles. The van der Waals surface area contributed by atoms with Crippen LogP contribution in [0.5, 0.6) is 0 Å². The molecular weight excluding hydrogens is 430 g/mol. The third-order valence-electron chi connectivity index (χ3n) is 3.92. The molecular formula is C18H29N5O9. The first-order valence-corrected chi connectivity index (χ1v) is 9.62. The van der Waals surface area contributed by atoms with E-state index >= 15 is 0 Å². The van der Waals surface area contributed by atoms with Gasteiger partial charge in [-0.25, -0.2) is 0 Å². The second-order valence-electron chi connectivity index (χ2n) is 6.92. The normalized spacial score (nSPS) is 14.0. The van der Waals surface area contributed by atoms with Crippen LogP contribution in [0.4, 0.5) is 0 Å². The molecule has 0 saturated heterocycles. The third kappa shape index (κ3) is 11.0. The predicted molar refractivity (Wildman–Crippen MR) is 108 cm³/mol. The number of aliphatic hydroxyl groups excluding tert-OH is 1. The third-order valence-corrected chi connectivity index (χ3v) is 3.92. The minimum atomic E-state index is -1.43. The molecule has 0 aliphatic rings. The van der Waals surface area contributed by atoms with Crippen LogP contribution in [0.15, 0.2) is 0 Å². The molecule has 4 atom stereocenters. The summed E-state index contributed by atoms with van der Waals surface area (Å²) in [6, 6.07) is -3.65. The van der Waals surface area contributed by atoms with Crippen LogP contribution < -0.4 is 26.6 Å². The number of amides is 5. The Morgan fingerprint density at radius 3 is 1.91 bits per heavy atom. The molecule has 14 nitrogen and oxygen atoms in total. The maximum absolute atomic E-state index is 12.2. The fourth-order valence-electron chi connectivity index (χ4n) is 2.26. The van der Waals surface area contributed by atoms with Crippen molar-refractivity contribution in [3.63, 3.8) is 0 Å². The average molecular weight is 459 g/mol. The van der Waals surface area contributed by atoms with Gasteiger partial charge in [0, 0.05) is 13.5 Å². The van der Waals surface area contributed by atoms with E-state index in [2.05, 4.69) is 26.6 Å². The molecule has 0 radical (unpaired) electrons. The van der Waals surface area contributed by atoms with Crippen LogP contribution >= 0.6 is 0 Å². The number of hydrogen-bond donors (Lipinski definition) is 7. The lowest BCUT2D eigenvalue weighted by molar-refractivity contribution is -0.140. The highest BCUT2D eigenvalue weighted by Gasteiger charge is 2.28. The zero-order chi connectivity index (χ0) is 25.0. The van der Waals surface area contributed by atoms with Gasteiger partial charge >= 0.3 is 5.97 Å². The summed E-state index contributed by atoms with van der Waals surface area (Å²) >= 11 is 0. The number of hydrogen-bond acceptors (Lipinski definition) is 8. The highest BCUT2D eigenvalue weighted by Crippen LogP contribution is 1.96. The van der Waals surface area contributed by atoms with E-state index in [4.69, 9.17) is 5.11 Å². The van der Waals surface area contributed by atoms with Crippen molar-refractivity contribution in [1.82, 2.24) is 26.6 Å². The number of aliphatic hydroxyl groups is 1. The molecule has 0 aliphatic carbocycles. The number of nitrogens with one attached hydrogen (secondary N) is 5. The lowest BCUT2D eigenvalue weighted by Crippen LogP contribution is -2.57. The Labute approximate surface area is 183 Å². The Morgan fingerprint density at radius 1 is 0.812 bits per heavy atom. The van der Waals surface area contributed by atoms with Gasteiger partial charge in [0.25, 0.3) is 5.91 Å². The van der Waals surface area contributed by atoms with Crippen molar-refractivity contribution >= 4 is 41.3 Å². The van der Waals surface area contributed by atoms with Crippen molar-refractivity contribution in [2.75, 3.05) is 13.1 Å². The Hall–Kier alpha value is -3.55. The number of carboxylic acid groups (broad SMARTS) is 1. The van der Waals surface area contributed by atoms with Gasteiger partial charge in [0.1, 0.15) is 12.1 Å². The molecule has 0 aliphatic heterocycles. The van der Waals surface area contributed by atoms with Crippen molar-refractivity contribution in [1.29, 1.82) is 0 Å². The van der Waals surface area contributed by atoms with E-state index in [0.29, 0.717) is 0 Å². The molecule has 0 rings (SSSR count). The minimum absolute atomic E-state index is 0.260. The maximum atomic E-state index is 12.2. The molecule has 0 bridgehead atoms. The van der Waals surface area contributed by atoms with Crippen LogP contribution in [0.1, 0.15) is 34.1 Å². The fourth-order valence-corrected chi connectivity index (χ4v) is 2.26. The van der Waals surface area contributed by atoms with Gasteiger partial charge in [-0.2, -0.15) is 0 Å². The number of carboxylic acids is 1. The summed E-state index contributed by atoms with van der Waals surface area (Å²) in [5.41, 5.74) is 0. The van der Waals surface area contributed by atoms with Gasteiger partial charge in [-0.15, -0.1) is 0 Å². The zero-order valence-corrected chi connectivity index (χ0v) is 18.2. The van der Waals surface area contributed by atoms with Crippen molar-refractivity contribution in [3.8, 4) is 0 Å². The Bertz CT molecular complexity index is 753. The Balaban J connectivity index is 4.67. The van der Waals surface area contributed by atoms with Gasteiger partial charge in [0.05, 0.1) is 25.1 Å². The molecule has 0 fully saturated rings. The summed E-state index contributed by atoms with van der Waals surface area (Å²) in [4.78, 5) is 81.1. The maximum Gasteiger partial charge on any atom is 0.305 e. The molecule has 0 spiro atoms. The van der Waals surface area contributed by atoms with Crippen LogP contribution in [0.2, 0.25) is 0 Å². The quantitative estimate of drug-likeness (QED) is 0.134. The smallest absolute Gasteiger partial charge is 0.305 e. The molecule has 5 amide bonds.